The zero-order chi connectivity index (χ0) is 7.23. The van der Waals surface area contributed by atoms with E-state index in [9.17, 15) is 0 Å². The highest BCUT2D eigenvalue weighted by molar-refractivity contribution is 4.57. The van der Waals surface area contributed by atoms with Crippen molar-refractivity contribution in [3.8, 4) is 0 Å². The molecule has 1 rings (SSSR count). The summed E-state index contributed by atoms with van der Waals surface area (Å²) in [5.74, 6) is 0. The van der Waals surface area contributed by atoms with E-state index < -0.39 is 0 Å². The van der Waals surface area contributed by atoms with Gasteiger partial charge in [-0.1, -0.05) is 5.04 Å². The van der Waals surface area contributed by atoms with Gasteiger partial charge in [-0.25, -0.2) is 9.78 Å². The van der Waals surface area contributed by atoms with Crippen LogP contribution in [0.4, 0.5) is 0 Å². The van der Waals surface area contributed by atoms with Crippen LogP contribution in [0.1, 0.15) is 19.3 Å². The highest BCUT2D eigenvalue weighted by Crippen LogP contribution is 2.11. The summed E-state index contributed by atoms with van der Waals surface area (Å²) in [4.78, 5) is 9.33. The average Bonchev–Trinajstić information content (AvgIpc) is 2.03. The van der Waals surface area contributed by atoms with Crippen molar-refractivity contribution in [2.75, 3.05) is 13.2 Å². The molecule has 0 radical (unpaired) electrons. The number of nitrogens with two attached hydrogens (primary N) is 1. The van der Waals surface area contributed by atoms with Gasteiger partial charge >= 0.3 is 0 Å². The van der Waals surface area contributed by atoms with Gasteiger partial charge in [0.15, 0.2) is 0 Å². The Labute approximate surface area is 60.1 Å². The maximum atomic E-state index is 5.32. The van der Waals surface area contributed by atoms with Gasteiger partial charge in [0.25, 0.3) is 0 Å². The second-order valence-electron chi connectivity index (χ2n) is 2.33. The van der Waals surface area contributed by atoms with Crippen LogP contribution in [0.25, 0.3) is 0 Å². The first-order valence-corrected chi connectivity index (χ1v) is 3.58. The molecule has 1 aliphatic heterocycles. The molecular formula is C6H13NO3. The van der Waals surface area contributed by atoms with E-state index in [1.165, 1.54) is 0 Å². The lowest BCUT2D eigenvalue weighted by Crippen LogP contribution is -2.22. The van der Waals surface area contributed by atoms with E-state index in [1.54, 1.807) is 0 Å². The predicted octanol–water partition coefficient (Wildman–Crippen LogP) is 0.377. The van der Waals surface area contributed by atoms with Gasteiger partial charge in [0.05, 0.1) is 12.7 Å². The highest BCUT2D eigenvalue weighted by atomic mass is 17.5. The van der Waals surface area contributed by atoms with Crippen LogP contribution in [0, 0.1) is 0 Å². The Morgan fingerprint density at radius 2 is 2.40 bits per heavy atom. The number of hydrogen-bond donors (Lipinski definition) is 1. The van der Waals surface area contributed by atoms with Crippen molar-refractivity contribution in [2.45, 2.75) is 25.4 Å². The van der Waals surface area contributed by atoms with Crippen LogP contribution in [0.5, 0.6) is 0 Å². The lowest BCUT2D eigenvalue weighted by Gasteiger charge is -2.19. The lowest BCUT2D eigenvalue weighted by atomic mass is 10.1. The first-order valence-electron chi connectivity index (χ1n) is 3.58. The van der Waals surface area contributed by atoms with E-state index in [2.05, 4.69) is 9.93 Å². The Morgan fingerprint density at radius 3 is 3.00 bits per heavy atom. The molecule has 1 saturated heterocycles. The number of hydrogen-bond acceptors (Lipinski definition) is 4. The van der Waals surface area contributed by atoms with E-state index >= 15 is 0 Å². The normalized spacial score (nSPS) is 26.7. The van der Waals surface area contributed by atoms with E-state index in [4.69, 9.17) is 10.6 Å². The van der Waals surface area contributed by atoms with Crippen LogP contribution in [0.2, 0.25) is 0 Å². The van der Waals surface area contributed by atoms with E-state index in [0.29, 0.717) is 13.2 Å². The monoisotopic (exact) mass is 147 g/mol. The van der Waals surface area contributed by atoms with Crippen molar-refractivity contribution in [1.82, 2.24) is 0 Å². The van der Waals surface area contributed by atoms with Crippen molar-refractivity contribution < 1.29 is 14.8 Å². The van der Waals surface area contributed by atoms with Gasteiger partial charge in [0, 0.05) is 6.42 Å². The van der Waals surface area contributed by atoms with Crippen LogP contribution < -0.4 is 5.73 Å². The summed E-state index contributed by atoms with van der Waals surface area (Å²) >= 11 is 0. The highest BCUT2D eigenvalue weighted by Gasteiger charge is 2.14. The molecule has 0 bridgehead atoms. The van der Waals surface area contributed by atoms with Crippen LogP contribution in [0.3, 0.4) is 0 Å². The first kappa shape index (κ1) is 7.94. The van der Waals surface area contributed by atoms with Crippen molar-refractivity contribution in [3.05, 3.63) is 0 Å². The number of rotatable bonds is 3. The zero-order valence-corrected chi connectivity index (χ0v) is 5.91. The fourth-order valence-electron chi connectivity index (χ4n) is 0.883. The molecule has 4 nitrogen and oxygen atoms in total. The van der Waals surface area contributed by atoms with E-state index in [0.717, 1.165) is 19.3 Å². The Morgan fingerprint density at radius 1 is 1.50 bits per heavy atom. The van der Waals surface area contributed by atoms with Gasteiger partial charge < -0.3 is 5.73 Å². The fraction of sp³-hybridized carbons (Fsp3) is 1.00. The summed E-state index contributed by atoms with van der Waals surface area (Å²) in [5.41, 5.74) is 5.32. The summed E-state index contributed by atoms with van der Waals surface area (Å²) in [6, 6.07) is 0. The molecule has 60 valence electrons. The molecule has 0 aromatic heterocycles. The third kappa shape index (κ3) is 2.62. The third-order valence-corrected chi connectivity index (χ3v) is 1.48. The summed E-state index contributed by atoms with van der Waals surface area (Å²) < 4.78 is 0. The summed E-state index contributed by atoms with van der Waals surface area (Å²) in [6.07, 6.45) is 3.02. The molecule has 1 aliphatic rings. The SMILES string of the molecule is NCCCC1CCOOO1. The zero-order valence-electron chi connectivity index (χ0n) is 5.91. The Bertz CT molecular complexity index is 83.1. The molecule has 1 heterocycles. The first-order chi connectivity index (χ1) is 4.93. The average molecular weight is 147 g/mol. The van der Waals surface area contributed by atoms with Crippen molar-refractivity contribution >= 4 is 0 Å². The fourth-order valence-corrected chi connectivity index (χ4v) is 0.883. The van der Waals surface area contributed by atoms with Gasteiger partial charge in [0.1, 0.15) is 0 Å². The smallest absolute Gasteiger partial charge is 0.0985 e. The van der Waals surface area contributed by atoms with Crippen LogP contribution in [0.15, 0.2) is 0 Å². The standard InChI is InChI=1S/C6H13NO3/c7-4-1-2-6-3-5-8-10-9-6/h6H,1-5,7H2. The van der Waals surface area contributed by atoms with Crippen molar-refractivity contribution in [1.29, 1.82) is 0 Å². The molecule has 0 aliphatic carbocycles. The van der Waals surface area contributed by atoms with Gasteiger partial charge in [-0.05, 0) is 19.4 Å². The second-order valence-corrected chi connectivity index (χ2v) is 2.33. The minimum Gasteiger partial charge on any atom is -0.330 e. The molecule has 1 atom stereocenters. The largest absolute Gasteiger partial charge is 0.330 e. The Hall–Kier alpha value is -0.160. The topological polar surface area (TPSA) is 53.7 Å². The molecule has 0 amide bonds. The molecule has 0 spiro atoms. The summed E-state index contributed by atoms with van der Waals surface area (Å²) in [6.45, 7) is 1.33. The molecule has 1 fully saturated rings. The van der Waals surface area contributed by atoms with Crippen molar-refractivity contribution in [2.24, 2.45) is 5.73 Å². The molecular weight excluding hydrogens is 134 g/mol. The van der Waals surface area contributed by atoms with Gasteiger partial charge in [-0.15, -0.1) is 0 Å². The third-order valence-electron chi connectivity index (χ3n) is 1.48. The second kappa shape index (κ2) is 4.62. The maximum absolute atomic E-state index is 5.32. The maximum Gasteiger partial charge on any atom is 0.0985 e. The predicted molar refractivity (Wildman–Crippen MR) is 34.8 cm³/mol. The van der Waals surface area contributed by atoms with Gasteiger partial charge in [-0.2, -0.15) is 0 Å². The molecule has 0 saturated carbocycles. The summed E-state index contributed by atoms with van der Waals surface area (Å²) in [5, 5.41) is 4.34. The molecule has 4 heteroatoms. The van der Waals surface area contributed by atoms with Crippen LogP contribution in [-0.4, -0.2) is 19.3 Å². The minimum atomic E-state index is 0.178. The van der Waals surface area contributed by atoms with E-state index in [1.807, 2.05) is 0 Å². The minimum absolute atomic E-state index is 0.178. The Kier molecular flexibility index (Phi) is 3.67. The Balaban J connectivity index is 2.02. The van der Waals surface area contributed by atoms with Crippen LogP contribution in [-0.2, 0) is 14.8 Å². The quantitative estimate of drug-likeness (QED) is 0.586. The summed E-state index contributed by atoms with van der Waals surface area (Å²) in [7, 11) is 0. The van der Waals surface area contributed by atoms with Gasteiger partial charge in [-0.3, -0.25) is 0 Å². The molecule has 1 unspecified atom stereocenters. The lowest BCUT2D eigenvalue weighted by molar-refractivity contribution is -0.549. The molecule has 10 heavy (non-hydrogen) atoms. The van der Waals surface area contributed by atoms with Crippen molar-refractivity contribution in [3.63, 3.8) is 0 Å². The molecule has 0 aromatic carbocycles. The van der Waals surface area contributed by atoms with Gasteiger partial charge in [0.2, 0.25) is 0 Å². The molecule has 0 aromatic rings. The van der Waals surface area contributed by atoms with E-state index in [-0.39, 0.29) is 6.10 Å². The molecule has 2 N–H and O–H groups in total. The van der Waals surface area contributed by atoms with Crippen LogP contribution >= 0.6 is 0 Å².